The number of hydrogen-bond donors (Lipinski definition) is 1. The van der Waals surface area contributed by atoms with Gasteiger partial charge in [0.05, 0.1) is 22.7 Å². The SMILES string of the molecule is CC(C)(C)NC(=O)c1ccccc1N(Cc1ccccc1)S(=O)(=O)c1ccccc1. The molecule has 0 radical (unpaired) electrons. The summed E-state index contributed by atoms with van der Waals surface area (Å²) >= 11 is 0. The number of nitrogens with one attached hydrogen (secondary N) is 1. The number of benzene rings is 3. The number of carbonyl (C=O) groups excluding carboxylic acids is 1. The molecule has 0 aliphatic heterocycles. The zero-order valence-electron chi connectivity index (χ0n) is 17.4. The predicted molar refractivity (Wildman–Crippen MR) is 120 cm³/mol. The smallest absolute Gasteiger partial charge is 0.264 e. The van der Waals surface area contributed by atoms with E-state index in [1.54, 1.807) is 54.6 Å². The van der Waals surface area contributed by atoms with E-state index < -0.39 is 15.6 Å². The molecule has 0 atom stereocenters. The van der Waals surface area contributed by atoms with Crippen molar-refractivity contribution in [2.45, 2.75) is 37.8 Å². The van der Waals surface area contributed by atoms with Gasteiger partial charge in [0.2, 0.25) is 0 Å². The maximum Gasteiger partial charge on any atom is 0.264 e. The highest BCUT2D eigenvalue weighted by molar-refractivity contribution is 7.92. The van der Waals surface area contributed by atoms with Crippen molar-refractivity contribution in [1.82, 2.24) is 5.32 Å². The lowest BCUT2D eigenvalue weighted by Crippen LogP contribution is -2.41. The Morgan fingerprint density at radius 1 is 0.833 bits per heavy atom. The summed E-state index contributed by atoms with van der Waals surface area (Å²) < 4.78 is 28.5. The number of rotatable bonds is 6. The second-order valence-electron chi connectivity index (χ2n) is 8.03. The van der Waals surface area contributed by atoms with E-state index in [-0.39, 0.29) is 17.3 Å². The molecule has 0 heterocycles. The predicted octanol–water partition coefficient (Wildman–Crippen LogP) is 4.61. The van der Waals surface area contributed by atoms with Crippen LogP contribution < -0.4 is 9.62 Å². The molecule has 0 saturated carbocycles. The summed E-state index contributed by atoms with van der Waals surface area (Å²) in [4.78, 5) is 13.1. The van der Waals surface area contributed by atoms with Gasteiger partial charge < -0.3 is 5.32 Å². The van der Waals surface area contributed by atoms with Gasteiger partial charge >= 0.3 is 0 Å². The molecule has 3 aromatic rings. The first-order chi connectivity index (χ1) is 14.2. The Balaban J connectivity index is 2.13. The molecule has 1 amide bonds. The topological polar surface area (TPSA) is 66.5 Å². The maximum atomic E-state index is 13.6. The number of nitrogens with zero attached hydrogens (tertiary/aromatic N) is 1. The third-order valence-electron chi connectivity index (χ3n) is 4.41. The van der Waals surface area contributed by atoms with E-state index in [2.05, 4.69) is 5.32 Å². The fourth-order valence-electron chi connectivity index (χ4n) is 3.06. The molecule has 0 aliphatic rings. The quantitative estimate of drug-likeness (QED) is 0.631. The Bertz CT molecular complexity index is 1110. The molecule has 3 aromatic carbocycles. The van der Waals surface area contributed by atoms with Crippen LogP contribution in [-0.2, 0) is 16.6 Å². The molecule has 0 saturated heterocycles. The molecule has 0 fully saturated rings. The van der Waals surface area contributed by atoms with Crippen LogP contribution in [0.5, 0.6) is 0 Å². The van der Waals surface area contributed by atoms with Crippen LogP contribution in [0.15, 0.2) is 89.8 Å². The van der Waals surface area contributed by atoms with E-state index in [0.717, 1.165) is 5.56 Å². The van der Waals surface area contributed by atoms with Crippen LogP contribution in [0.4, 0.5) is 5.69 Å². The number of anilines is 1. The van der Waals surface area contributed by atoms with Gasteiger partial charge in [-0.15, -0.1) is 0 Å². The van der Waals surface area contributed by atoms with E-state index >= 15 is 0 Å². The van der Waals surface area contributed by atoms with E-state index in [9.17, 15) is 13.2 Å². The molecule has 5 nitrogen and oxygen atoms in total. The second-order valence-corrected chi connectivity index (χ2v) is 9.89. The van der Waals surface area contributed by atoms with Crippen molar-refractivity contribution >= 4 is 21.6 Å². The molecule has 156 valence electrons. The lowest BCUT2D eigenvalue weighted by Gasteiger charge is -2.28. The highest BCUT2D eigenvalue weighted by Gasteiger charge is 2.29. The zero-order valence-corrected chi connectivity index (χ0v) is 18.2. The van der Waals surface area contributed by atoms with Crippen molar-refractivity contribution < 1.29 is 13.2 Å². The van der Waals surface area contributed by atoms with Gasteiger partial charge in [0, 0.05) is 5.54 Å². The highest BCUT2D eigenvalue weighted by atomic mass is 32.2. The second kappa shape index (κ2) is 8.71. The van der Waals surface area contributed by atoms with Gasteiger partial charge in [-0.05, 0) is 50.6 Å². The van der Waals surface area contributed by atoms with Gasteiger partial charge in [-0.2, -0.15) is 0 Å². The number of carbonyl (C=O) groups is 1. The van der Waals surface area contributed by atoms with Crippen molar-refractivity contribution in [2.24, 2.45) is 0 Å². The van der Waals surface area contributed by atoms with Gasteiger partial charge in [0.25, 0.3) is 15.9 Å². The Hall–Kier alpha value is -3.12. The molecular formula is C24H26N2O3S. The number of sulfonamides is 1. The summed E-state index contributed by atoms with van der Waals surface area (Å²) in [5.41, 5.74) is 1.02. The number of hydrogen-bond acceptors (Lipinski definition) is 3. The number of para-hydroxylation sites is 1. The van der Waals surface area contributed by atoms with Crippen LogP contribution in [0.25, 0.3) is 0 Å². The standard InChI is InChI=1S/C24H26N2O3S/c1-24(2,3)25-23(27)21-16-10-11-17-22(21)26(18-19-12-6-4-7-13-19)30(28,29)20-14-8-5-9-15-20/h4-17H,18H2,1-3H3,(H,25,27). The van der Waals surface area contributed by atoms with Gasteiger partial charge in [-0.1, -0.05) is 60.7 Å². The summed E-state index contributed by atoms with van der Waals surface area (Å²) in [6, 6.07) is 24.4. The minimum absolute atomic E-state index is 0.109. The molecular weight excluding hydrogens is 396 g/mol. The van der Waals surface area contributed by atoms with Crippen LogP contribution in [0.3, 0.4) is 0 Å². The van der Waals surface area contributed by atoms with Gasteiger partial charge in [-0.25, -0.2) is 8.42 Å². The van der Waals surface area contributed by atoms with E-state index in [0.29, 0.717) is 11.3 Å². The molecule has 0 aromatic heterocycles. The van der Waals surface area contributed by atoms with Gasteiger partial charge in [0.15, 0.2) is 0 Å². The zero-order chi connectivity index (χ0) is 21.8. The van der Waals surface area contributed by atoms with Crippen molar-refractivity contribution in [3.8, 4) is 0 Å². The largest absolute Gasteiger partial charge is 0.347 e. The lowest BCUT2D eigenvalue weighted by molar-refractivity contribution is 0.0920. The Kier molecular flexibility index (Phi) is 6.27. The van der Waals surface area contributed by atoms with Crippen LogP contribution in [0, 0.1) is 0 Å². The van der Waals surface area contributed by atoms with E-state index in [4.69, 9.17) is 0 Å². The number of amides is 1. The summed E-state index contributed by atoms with van der Waals surface area (Å²) in [5, 5.41) is 2.93. The highest BCUT2D eigenvalue weighted by Crippen LogP contribution is 2.29. The molecule has 30 heavy (non-hydrogen) atoms. The average Bonchev–Trinajstić information content (AvgIpc) is 2.72. The molecule has 0 spiro atoms. The molecule has 3 rings (SSSR count). The minimum atomic E-state index is -3.90. The summed E-state index contributed by atoms with van der Waals surface area (Å²) in [7, 11) is -3.90. The van der Waals surface area contributed by atoms with E-state index in [1.807, 2.05) is 51.1 Å². The molecule has 0 aliphatic carbocycles. The first kappa shape index (κ1) is 21.6. The summed E-state index contributed by atoms with van der Waals surface area (Å²) in [6.07, 6.45) is 0. The summed E-state index contributed by atoms with van der Waals surface area (Å²) in [5.74, 6) is -0.320. The van der Waals surface area contributed by atoms with Crippen LogP contribution in [-0.4, -0.2) is 19.9 Å². The van der Waals surface area contributed by atoms with Gasteiger partial charge in [0.1, 0.15) is 0 Å². The van der Waals surface area contributed by atoms with Crippen LogP contribution >= 0.6 is 0 Å². The summed E-state index contributed by atoms with van der Waals surface area (Å²) in [6.45, 7) is 5.76. The molecule has 6 heteroatoms. The molecule has 0 bridgehead atoms. The van der Waals surface area contributed by atoms with Crippen LogP contribution in [0.1, 0.15) is 36.7 Å². The Morgan fingerprint density at radius 2 is 1.37 bits per heavy atom. The third-order valence-corrected chi connectivity index (χ3v) is 6.18. The molecule has 0 unspecified atom stereocenters. The molecule has 1 N–H and O–H groups in total. The van der Waals surface area contributed by atoms with Crippen LogP contribution in [0.2, 0.25) is 0 Å². The van der Waals surface area contributed by atoms with Crippen molar-refractivity contribution in [3.05, 3.63) is 96.1 Å². The minimum Gasteiger partial charge on any atom is -0.347 e. The van der Waals surface area contributed by atoms with Gasteiger partial charge in [-0.3, -0.25) is 9.10 Å². The van der Waals surface area contributed by atoms with Crippen molar-refractivity contribution in [2.75, 3.05) is 4.31 Å². The van der Waals surface area contributed by atoms with Crippen molar-refractivity contribution in [3.63, 3.8) is 0 Å². The first-order valence-corrected chi connectivity index (χ1v) is 11.2. The van der Waals surface area contributed by atoms with Crippen molar-refractivity contribution in [1.29, 1.82) is 0 Å². The third kappa shape index (κ3) is 5.07. The maximum absolute atomic E-state index is 13.6. The monoisotopic (exact) mass is 422 g/mol. The Morgan fingerprint density at radius 3 is 1.97 bits per heavy atom. The fourth-order valence-corrected chi connectivity index (χ4v) is 4.55. The fraction of sp³-hybridized carbons (Fsp3) is 0.208. The average molecular weight is 423 g/mol. The Labute approximate surface area is 178 Å². The normalized spacial score (nSPS) is 11.7. The lowest BCUT2D eigenvalue weighted by atomic mass is 10.1. The van der Waals surface area contributed by atoms with E-state index in [1.165, 1.54) is 4.31 Å². The first-order valence-electron chi connectivity index (χ1n) is 9.72.